The van der Waals surface area contributed by atoms with Crippen molar-refractivity contribution in [3.63, 3.8) is 0 Å². The molecule has 1 fully saturated rings. The van der Waals surface area contributed by atoms with E-state index < -0.39 is 16.8 Å². The van der Waals surface area contributed by atoms with Crippen LogP contribution in [0.25, 0.3) is 0 Å². The molecule has 0 aliphatic carbocycles. The molecule has 148 valence electrons. The van der Waals surface area contributed by atoms with E-state index in [9.17, 15) is 19.7 Å². The Morgan fingerprint density at radius 1 is 1.39 bits per heavy atom. The monoisotopic (exact) mass is 406 g/mol. The maximum atomic E-state index is 12.5. The second kappa shape index (κ2) is 8.76. The van der Waals surface area contributed by atoms with E-state index in [2.05, 4.69) is 10.3 Å². The Morgan fingerprint density at radius 2 is 2.14 bits per heavy atom. The molecule has 1 aromatic heterocycles. The first-order chi connectivity index (χ1) is 13.5. The molecule has 0 spiro atoms. The number of carbonyl (C=O) groups excluding carboxylic acids is 2. The molecule has 10 nitrogen and oxygen atoms in total. The normalized spacial score (nSPS) is 13.8. The summed E-state index contributed by atoms with van der Waals surface area (Å²) in [4.78, 5) is 40.9. The fourth-order valence-electron chi connectivity index (χ4n) is 2.68. The average molecular weight is 406 g/mol. The lowest BCUT2D eigenvalue weighted by Gasteiger charge is -2.28. The third kappa shape index (κ3) is 4.43. The number of morpholine rings is 1. The second-order valence-electron chi connectivity index (χ2n) is 5.77. The highest BCUT2D eigenvalue weighted by molar-refractivity contribution is 7.14. The molecule has 11 heteroatoms. The summed E-state index contributed by atoms with van der Waals surface area (Å²) in [7, 11) is 0. The van der Waals surface area contributed by atoms with Gasteiger partial charge >= 0.3 is 5.97 Å². The largest absolute Gasteiger partial charge is 0.461 e. The standard InChI is InChI=1S/C17H18N4O6S/c1-2-27-16(23)12-10-28-17(18-12)19-15(22)11-3-4-13(14(9-11)21(24)25)20-5-7-26-8-6-20/h3-4,9-10H,2,5-8H2,1H3,(H,18,19,22). The van der Waals surface area contributed by atoms with E-state index in [4.69, 9.17) is 9.47 Å². The molecule has 0 radical (unpaired) electrons. The van der Waals surface area contributed by atoms with Crippen molar-refractivity contribution in [3.05, 3.63) is 45.0 Å². The maximum Gasteiger partial charge on any atom is 0.357 e. The van der Waals surface area contributed by atoms with Crippen molar-refractivity contribution in [2.45, 2.75) is 6.92 Å². The molecule has 1 amide bonds. The molecule has 1 aliphatic rings. The zero-order valence-electron chi connectivity index (χ0n) is 15.0. The molecule has 1 aliphatic heterocycles. The van der Waals surface area contributed by atoms with Crippen LogP contribution in [0.3, 0.4) is 0 Å². The van der Waals surface area contributed by atoms with Crippen LogP contribution in [0, 0.1) is 10.1 Å². The highest BCUT2D eigenvalue weighted by Crippen LogP contribution is 2.30. The molecule has 2 heterocycles. The molecule has 3 rings (SSSR count). The van der Waals surface area contributed by atoms with Gasteiger partial charge in [-0.1, -0.05) is 0 Å². The van der Waals surface area contributed by atoms with Crippen LogP contribution in [0.2, 0.25) is 0 Å². The van der Waals surface area contributed by atoms with Crippen molar-refractivity contribution in [2.24, 2.45) is 0 Å². The topological polar surface area (TPSA) is 124 Å². The number of rotatable bonds is 6. The smallest absolute Gasteiger partial charge is 0.357 e. The van der Waals surface area contributed by atoms with Gasteiger partial charge in [-0.05, 0) is 19.1 Å². The molecule has 0 saturated carbocycles. The number of nitro benzene ring substituents is 1. The molecule has 28 heavy (non-hydrogen) atoms. The highest BCUT2D eigenvalue weighted by Gasteiger charge is 2.24. The van der Waals surface area contributed by atoms with E-state index in [-0.39, 0.29) is 28.7 Å². The van der Waals surface area contributed by atoms with Gasteiger partial charge in [-0.15, -0.1) is 11.3 Å². The number of carbonyl (C=O) groups is 2. The second-order valence-corrected chi connectivity index (χ2v) is 6.63. The summed E-state index contributed by atoms with van der Waals surface area (Å²) < 4.78 is 10.1. The predicted molar refractivity (Wildman–Crippen MR) is 102 cm³/mol. The summed E-state index contributed by atoms with van der Waals surface area (Å²) in [5.41, 5.74) is 0.511. The Labute approximate surface area is 164 Å². The summed E-state index contributed by atoms with van der Waals surface area (Å²) in [5, 5.41) is 15.7. The Balaban J connectivity index is 1.77. The number of thiazole rings is 1. The number of benzene rings is 1. The van der Waals surface area contributed by atoms with Gasteiger partial charge in [-0.25, -0.2) is 9.78 Å². The predicted octanol–water partition coefficient (Wildman–Crippen LogP) is 2.32. The van der Waals surface area contributed by atoms with Gasteiger partial charge in [0.15, 0.2) is 10.8 Å². The summed E-state index contributed by atoms with van der Waals surface area (Å²) >= 11 is 1.06. The minimum atomic E-state index is -0.579. The van der Waals surface area contributed by atoms with Crippen LogP contribution in [0.1, 0.15) is 27.8 Å². The van der Waals surface area contributed by atoms with Crippen molar-refractivity contribution >= 4 is 39.7 Å². The summed E-state index contributed by atoms with van der Waals surface area (Å²) in [5.74, 6) is -1.13. The van der Waals surface area contributed by atoms with Crippen LogP contribution in [-0.4, -0.2) is 54.7 Å². The first-order valence-electron chi connectivity index (χ1n) is 8.54. The third-order valence-electron chi connectivity index (χ3n) is 4.00. The number of hydrogen-bond donors (Lipinski definition) is 1. The van der Waals surface area contributed by atoms with Crippen LogP contribution in [0.4, 0.5) is 16.5 Å². The highest BCUT2D eigenvalue weighted by atomic mass is 32.1. The van der Waals surface area contributed by atoms with Crippen LogP contribution in [0.5, 0.6) is 0 Å². The first kappa shape index (κ1) is 19.7. The van der Waals surface area contributed by atoms with Gasteiger partial charge in [0.05, 0.1) is 24.7 Å². The number of nitro groups is 1. The van der Waals surface area contributed by atoms with Crippen molar-refractivity contribution < 1.29 is 24.0 Å². The van der Waals surface area contributed by atoms with Gasteiger partial charge in [0.1, 0.15) is 5.69 Å². The van der Waals surface area contributed by atoms with E-state index in [1.54, 1.807) is 13.0 Å². The Bertz CT molecular complexity index is 894. The minimum Gasteiger partial charge on any atom is -0.461 e. The molecular formula is C17H18N4O6S. The van der Waals surface area contributed by atoms with E-state index in [1.807, 2.05) is 4.90 Å². The van der Waals surface area contributed by atoms with E-state index in [1.165, 1.54) is 17.5 Å². The lowest BCUT2D eigenvalue weighted by Crippen LogP contribution is -2.36. The quantitative estimate of drug-likeness (QED) is 0.440. The first-order valence-corrected chi connectivity index (χ1v) is 9.42. The third-order valence-corrected chi connectivity index (χ3v) is 4.75. The van der Waals surface area contributed by atoms with Gasteiger partial charge in [-0.2, -0.15) is 0 Å². The summed E-state index contributed by atoms with van der Waals surface area (Å²) in [6.45, 7) is 3.97. The van der Waals surface area contributed by atoms with Crippen LogP contribution in [-0.2, 0) is 9.47 Å². The van der Waals surface area contributed by atoms with Gasteiger partial charge in [0.2, 0.25) is 0 Å². The number of amides is 1. The van der Waals surface area contributed by atoms with Gasteiger partial charge in [0.25, 0.3) is 11.6 Å². The molecule has 1 N–H and O–H groups in total. The number of nitrogens with zero attached hydrogens (tertiary/aromatic N) is 3. The van der Waals surface area contributed by atoms with Crippen LogP contribution in [0.15, 0.2) is 23.6 Å². The summed E-state index contributed by atoms with van der Waals surface area (Å²) in [6.07, 6.45) is 0. The molecule has 1 saturated heterocycles. The maximum absolute atomic E-state index is 12.5. The Morgan fingerprint density at radius 3 is 2.82 bits per heavy atom. The molecule has 2 aromatic rings. The molecule has 0 bridgehead atoms. The Hall–Kier alpha value is -3.05. The number of anilines is 2. The molecule has 0 atom stereocenters. The van der Waals surface area contributed by atoms with Gasteiger partial charge < -0.3 is 14.4 Å². The Kier molecular flexibility index (Phi) is 6.16. The van der Waals surface area contributed by atoms with E-state index in [0.717, 1.165) is 11.3 Å². The average Bonchev–Trinajstić information content (AvgIpc) is 3.17. The number of nitrogens with one attached hydrogen (secondary N) is 1. The van der Waals surface area contributed by atoms with E-state index >= 15 is 0 Å². The zero-order chi connectivity index (χ0) is 20.1. The molecular weight excluding hydrogens is 388 g/mol. The fourth-order valence-corrected chi connectivity index (χ4v) is 3.36. The molecule has 1 aromatic carbocycles. The van der Waals surface area contributed by atoms with Crippen LogP contribution >= 0.6 is 11.3 Å². The number of hydrogen-bond acceptors (Lipinski definition) is 9. The van der Waals surface area contributed by atoms with E-state index in [0.29, 0.717) is 32.0 Å². The lowest BCUT2D eigenvalue weighted by molar-refractivity contribution is -0.384. The van der Waals surface area contributed by atoms with Crippen molar-refractivity contribution in [1.29, 1.82) is 0 Å². The summed E-state index contributed by atoms with van der Waals surface area (Å²) in [6, 6.07) is 4.32. The minimum absolute atomic E-state index is 0.0933. The molecule has 0 unspecified atom stereocenters. The zero-order valence-corrected chi connectivity index (χ0v) is 15.9. The van der Waals surface area contributed by atoms with Gasteiger partial charge in [0, 0.05) is 30.1 Å². The van der Waals surface area contributed by atoms with Crippen molar-refractivity contribution in [3.8, 4) is 0 Å². The van der Waals surface area contributed by atoms with Crippen LogP contribution < -0.4 is 10.2 Å². The lowest BCUT2D eigenvalue weighted by atomic mass is 10.1. The SMILES string of the molecule is CCOC(=O)c1csc(NC(=O)c2ccc(N3CCOCC3)c([N+](=O)[O-])c2)n1. The number of ether oxygens (including phenoxy) is 2. The van der Waals surface area contributed by atoms with Gasteiger partial charge in [-0.3, -0.25) is 20.2 Å². The number of aromatic nitrogens is 1. The fraction of sp³-hybridized carbons (Fsp3) is 0.353. The van der Waals surface area contributed by atoms with Crippen molar-refractivity contribution in [1.82, 2.24) is 4.98 Å². The van der Waals surface area contributed by atoms with Crippen molar-refractivity contribution in [2.75, 3.05) is 43.1 Å². The number of esters is 1.